The molecule has 1 aliphatic rings. The zero-order valence-electron chi connectivity index (χ0n) is 15.6. The number of methoxy groups -OCH3 is 1. The number of esters is 1. The molecule has 1 aromatic heterocycles. The predicted molar refractivity (Wildman–Crippen MR) is 105 cm³/mol. The molecule has 7 heteroatoms. The predicted octanol–water partition coefficient (Wildman–Crippen LogP) is 2.31. The number of carbonyl (C=O) groups is 2. The van der Waals surface area contributed by atoms with Crippen LogP contribution < -0.4 is 10.5 Å². The van der Waals surface area contributed by atoms with E-state index in [-0.39, 0.29) is 17.2 Å². The highest BCUT2D eigenvalue weighted by Crippen LogP contribution is 2.32. The van der Waals surface area contributed by atoms with E-state index < -0.39 is 5.97 Å². The number of benzene rings is 2. The molecule has 142 valence electrons. The summed E-state index contributed by atoms with van der Waals surface area (Å²) in [6, 6.07) is 12.2. The quantitative estimate of drug-likeness (QED) is 0.640. The normalized spacial score (nSPS) is 13.3. The van der Waals surface area contributed by atoms with Crippen LogP contribution in [-0.4, -0.2) is 35.3 Å². The minimum Gasteiger partial charge on any atom is -0.465 e. The van der Waals surface area contributed by atoms with E-state index in [0.29, 0.717) is 35.0 Å². The fourth-order valence-corrected chi connectivity index (χ4v) is 3.72. The lowest BCUT2D eigenvalue weighted by Gasteiger charge is -2.30. The van der Waals surface area contributed by atoms with Crippen LogP contribution in [0.25, 0.3) is 10.8 Å². The number of hydrogen-bond acceptors (Lipinski definition) is 5. The van der Waals surface area contributed by atoms with Crippen LogP contribution in [0.5, 0.6) is 0 Å². The van der Waals surface area contributed by atoms with Gasteiger partial charge < -0.3 is 9.64 Å². The standard InChI is InChI=1S/C21H19N3O4/c1-23-19(25)15-8-4-3-7-14(15)18(22-23)20(26)24-12-6-10-13-16(21(27)28-2)9-5-11-17(13)24/h3-5,7-9,11H,6,10,12H2,1-2H3. The summed E-state index contributed by atoms with van der Waals surface area (Å²) in [6.45, 7) is 0.509. The monoisotopic (exact) mass is 377 g/mol. The average molecular weight is 377 g/mol. The van der Waals surface area contributed by atoms with Crippen molar-refractivity contribution in [3.63, 3.8) is 0 Å². The number of aryl methyl sites for hydroxylation is 1. The van der Waals surface area contributed by atoms with E-state index >= 15 is 0 Å². The van der Waals surface area contributed by atoms with Crippen LogP contribution in [0.4, 0.5) is 5.69 Å². The molecule has 0 fully saturated rings. The van der Waals surface area contributed by atoms with Crippen LogP contribution in [-0.2, 0) is 18.2 Å². The van der Waals surface area contributed by atoms with E-state index in [2.05, 4.69) is 5.10 Å². The molecular formula is C21H19N3O4. The summed E-state index contributed by atoms with van der Waals surface area (Å²) in [5, 5.41) is 5.21. The molecule has 0 unspecified atom stereocenters. The minimum absolute atomic E-state index is 0.217. The maximum absolute atomic E-state index is 13.4. The summed E-state index contributed by atoms with van der Waals surface area (Å²) in [5.41, 5.74) is 1.91. The van der Waals surface area contributed by atoms with Crippen molar-refractivity contribution in [2.75, 3.05) is 18.6 Å². The molecule has 0 saturated heterocycles. The smallest absolute Gasteiger partial charge is 0.338 e. The molecule has 0 aliphatic carbocycles. The van der Waals surface area contributed by atoms with Gasteiger partial charge in [-0.2, -0.15) is 5.10 Å². The number of aromatic nitrogens is 2. The van der Waals surface area contributed by atoms with Gasteiger partial charge in [0.15, 0.2) is 5.69 Å². The summed E-state index contributed by atoms with van der Waals surface area (Å²) >= 11 is 0. The summed E-state index contributed by atoms with van der Waals surface area (Å²) in [4.78, 5) is 39.5. The van der Waals surface area contributed by atoms with Gasteiger partial charge in [0.1, 0.15) is 0 Å². The SMILES string of the molecule is COC(=O)c1cccc2c1CCCN2C(=O)c1nn(C)c(=O)c2ccccc12. The third-order valence-corrected chi connectivity index (χ3v) is 5.06. The van der Waals surface area contributed by atoms with Crippen molar-refractivity contribution in [1.82, 2.24) is 9.78 Å². The summed E-state index contributed by atoms with van der Waals surface area (Å²) in [6.07, 6.45) is 1.41. The van der Waals surface area contributed by atoms with Gasteiger partial charge >= 0.3 is 5.97 Å². The van der Waals surface area contributed by atoms with E-state index in [9.17, 15) is 14.4 Å². The van der Waals surface area contributed by atoms with E-state index in [1.807, 2.05) is 6.07 Å². The number of nitrogens with zero attached hydrogens (tertiary/aromatic N) is 3. The topological polar surface area (TPSA) is 81.5 Å². The summed E-state index contributed by atoms with van der Waals surface area (Å²) in [5.74, 6) is -0.716. The van der Waals surface area contributed by atoms with Gasteiger partial charge in [0, 0.05) is 24.7 Å². The maximum Gasteiger partial charge on any atom is 0.338 e. The van der Waals surface area contributed by atoms with E-state index in [1.165, 1.54) is 18.8 Å². The summed E-state index contributed by atoms with van der Waals surface area (Å²) in [7, 11) is 2.87. The van der Waals surface area contributed by atoms with Crippen molar-refractivity contribution < 1.29 is 14.3 Å². The molecule has 0 spiro atoms. The maximum atomic E-state index is 13.4. The molecule has 28 heavy (non-hydrogen) atoms. The Bertz CT molecular complexity index is 1170. The first-order valence-corrected chi connectivity index (χ1v) is 9.01. The zero-order valence-corrected chi connectivity index (χ0v) is 15.6. The highest BCUT2D eigenvalue weighted by molar-refractivity contribution is 6.13. The Kier molecular flexibility index (Phi) is 4.43. The number of rotatable bonds is 2. The van der Waals surface area contributed by atoms with Crippen LogP contribution >= 0.6 is 0 Å². The number of amides is 1. The Labute approximate surface area is 161 Å². The fraction of sp³-hybridized carbons (Fsp3) is 0.238. The Morgan fingerprint density at radius 3 is 2.57 bits per heavy atom. The molecule has 7 nitrogen and oxygen atoms in total. The highest BCUT2D eigenvalue weighted by Gasteiger charge is 2.29. The van der Waals surface area contributed by atoms with Crippen LogP contribution in [0.15, 0.2) is 47.3 Å². The van der Waals surface area contributed by atoms with E-state index in [4.69, 9.17) is 4.74 Å². The van der Waals surface area contributed by atoms with Gasteiger partial charge in [-0.05, 0) is 36.6 Å². The van der Waals surface area contributed by atoms with Crippen LogP contribution in [0, 0.1) is 0 Å². The largest absolute Gasteiger partial charge is 0.465 e. The fourth-order valence-electron chi connectivity index (χ4n) is 3.72. The second kappa shape index (κ2) is 6.92. The van der Waals surface area contributed by atoms with Crippen molar-refractivity contribution in [3.8, 4) is 0 Å². The Hall–Kier alpha value is -3.48. The van der Waals surface area contributed by atoms with Crippen LogP contribution in [0.3, 0.4) is 0 Å². The van der Waals surface area contributed by atoms with Crippen LogP contribution in [0.2, 0.25) is 0 Å². The van der Waals surface area contributed by atoms with Gasteiger partial charge in [0.25, 0.3) is 11.5 Å². The first-order chi connectivity index (χ1) is 13.5. The highest BCUT2D eigenvalue weighted by atomic mass is 16.5. The van der Waals surface area contributed by atoms with Crippen LogP contribution in [0.1, 0.15) is 32.8 Å². The van der Waals surface area contributed by atoms with Crippen molar-refractivity contribution in [2.24, 2.45) is 7.05 Å². The number of carbonyl (C=O) groups excluding carboxylic acids is 2. The Morgan fingerprint density at radius 1 is 1.07 bits per heavy atom. The molecule has 0 N–H and O–H groups in total. The molecule has 0 atom stereocenters. The summed E-state index contributed by atoms with van der Waals surface area (Å²) < 4.78 is 6.06. The van der Waals surface area contributed by atoms with E-state index in [1.54, 1.807) is 41.3 Å². The van der Waals surface area contributed by atoms with Crippen molar-refractivity contribution in [1.29, 1.82) is 0 Å². The number of hydrogen-bond donors (Lipinski definition) is 0. The molecule has 1 amide bonds. The Morgan fingerprint density at radius 2 is 1.82 bits per heavy atom. The first-order valence-electron chi connectivity index (χ1n) is 9.01. The molecule has 0 saturated carbocycles. The lowest BCUT2D eigenvalue weighted by Crippen LogP contribution is -2.38. The third-order valence-electron chi connectivity index (χ3n) is 5.06. The van der Waals surface area contributed by atoms with Gasteiger partial charge in [-0.1, -0.05) is 24.3 Å². The molecule has 0 bridgehead atoms. The second-order valence-corrected chi connectivity index (χ2v) is 6.68. The minimum atomic E-state index is -0.420. The van der Waals surface area contributed by atoms with Gasteiger partial charge in [0.2, 0.25) is 0 Å². The average Bonchev–Trinajstić information content (AvgIpc) is 2.74. The van der Waals surface area contributed by atoms with Crippen molar-refractivity contribution in [3.05, 3.63) is 69.6 Å². The number of fused-ring (bicyclic) bond motifs is 2. The number of anilines is 1. The molecule has 3 aromatic rings. The lowest BCUT2D eigenvalue weighted by atomic mass is 9.95. The molecule has 0 radical (unpaired) electrons. The third kappa shape index (κ3) is 2.76. The zero-order chi connectivity index (χ0) is 19.8. The molecule has 2 aromatic carbocycles. The Balaban J connectivity index is 1.86. The number of ether oxygens (including phenoxy) is 1. The van der Waals surface area contributed by atoms with Crippen molar-refractivity contribution >= 4 is 28.3 Å². The molecule has 1 aliphatic heterocycles. The van der Waals surface area contributed by atoms with Gasteiger partial charge in [0.05, 0.1) is 18.1 Å². The van der Waals surface area contributed by atoms with Gasteiger partial charge in [-0.3, -0.25) is 9.59 Å². The van der Waals surface area contributed by atoms with Gasteiger partial charge in [-0.15, -0.1) is 0 Å². The van der Waals surface area contributed by atoms with E-state index in [0.717, 1.165) is 12.0 Å². The van der Waals surface area contributed by atoms with Gasteiger partial charge in [-0.25, -0.2) is 9.48 Å². The molecular weight excluding hydrogens is 358 g/mol. The molecule has 2 heterocycles. The lowest BCUT2D eigenvalue weighted by molar-refractivity contribution is 0.0599. The first kappa shape index (κ1) is 17.9. The molecule has 4 rings (SSSR count). The second-order valence-electron chi connectivity index (χ2n) is 6.68. The van der Waals surface area contributed by atoms with Crippen molar-refractivity contribution in [2.45, 2.75) is 12.8 Å².